The molecule has 1 aliphatic heterocycles. The van der Waals surface area contributed by atoms with Crippen LogP contribution in [-0.4, -0.2) is 36.4 Å². The second-order valence-electron chi connectivity index (χ2n) is 6.15. The van der Waals surface area contributed by atoms with E-state index in [9.17, 15) is 5.11 Å². The van der Waals surface area contributed by atoms with E-state index in [-0.39, 0.29) is 5.54 Å². The van der Waals surface area contributed by atoms with Gasteiger partial charge in [0.1, 0.15) is 0 Å². The van der Waals surface area contributed by atoms with Gasteiger partial charge < -0.3 is 15.7 Å². The maximum Gasteiger partial charge on any atom is 0.0613 e. The Kier molecular flexibility index (Phi) is 4.83. The molecule has 1 atom stereocenters. The van der Waals surface area contributed by atoms with Crippen molar-refractivity contribution < 1.29 is 5.11 Å². The van der Waals surface area contributed by atoms with E-state index in [4.69, 9.17) is 0 Å². The standard InChI is InChI=1S/C14H28N2O/c1-12-5-7-14(11-17,8-6-12)16-10-13-4-2-3-9-15-13/h12-13,15-17H,2-11H2,1H3. The van der Waals surface area contributed by atoms with E-state index in [1.54, 1.807) is 0 Å². The van der Waals surface area contributed by atoms with Crippen LogP contribution in [-0.2, 0) is 0 Å². The lowest BCUT2D eigenvalue weighted by Crippen LogP contribution is -2.55. The Labute approximate surface area is 105 Å². The summed E-state index contributed by atoms with van der Waals surface area (Å²) in [5.74, 6) is 0.837. The molecule has 2 fully saturated rings. The van der Waals surface area contributed by atoms with Crippen LogP contribution in [0, 0.1) is 5.92 Å². The minimum absolute atomic E-state index is 0.0195. The molecule has 17 heavy (non-hydrogen) atoms. The summed E-state index contributed by atoms with van der Waals surface area (Å²) in [4.78, 5) is 0. The average Bonchev–Trinajstić information content (AvgIpc) is 2.40. The van der Waals surface area contributed by atoms with Crippen LogP contribution in [0.3, 0.4) is 0 Å². The number of piperidine rings is 1. The van der Waals surface area contributed by atoms with E-state index in [0.717, 1.165) is 31.8 Å². The first-order chi connectivity index (χ1) is 8.24. The zero-order valence-electron chi connectivity index (χ0n) is 11.2. The van der Waals surface area contributed by atoms with Crippen molar-refractivity contribution in [3.63, 3.8) is 0 Å². The molecule has 1 heterocycles. The molecule has 2 aliphatic rings. The van der Waals surface area contributed by atoms with Gasteiger partial charge in [0.05, 0.1) is 6.61 Å². The molecule has 0 aromatic heterocycles. The molecule has 1 unspecified atom stereocenters. The molecule has 3 heteroatoms. The number of aliphatic hydroxyl groups excluding tert-OH is 1. The fourth-order valence-corrected chi connectivity index (χ4v) is 3.14. The van der Waals surface area contributed by atoms with Gasteiger partial charge >= 0.3 is 0 Å². The Bertz CT molecular complexity index is 218. The van der Waals surface area contributed by atoms with E-state index in [2.05, 4.69) is 17.6 Å². The normalized spacial score (nSPS) is 39.2. The maximum atomic E-state index is 9.67. The number of hydrogen-bond donors (Lipinski definition) is 3. The van der Waals surface area contributed by atoms with Crippen LogP contribution in [0.4, 0.5) is 0 Å². The summed E-state index contributed by atoms with van der Waals surface area (Å²) in [5, 5.41) is 16.9. The summed E-state index contributed by atoms with van der Waals surface area (Å²) in [6.07, 6.45) is 8.73. The molecule has 0 bridgehead atoms. The first kappa shape index (κ1) is 13.3. The lowest BCUT2D eigenvalue weighted by molar-refractivity contribution is 0.102. The predicted molar refractivity (Wildman–Crippen MR) is 71.1 cm³/mol. The summed E-state index contributed by atoms with van der Waals surface area (Å²) in [6, 6.07) is 0.617. The highest BCUT2D eigenvalue weighted by atomic mass is 16.3. The topological polar surface area (TPSA) is 44.3 Å². The van der Waals surface area contributed by atoms with Crippen molar-refractivity contribution in [2.24, 2.45) is 5.92 Å². The van der Waals surface area contributed by atoms with Crippen LogP contribution in [0.1, 0.15) is 51.9 Å². The van der Waals surface area contributed by atoms with Gasteiger partial charge in [-0.1, -0.05) is 13.3 Å². The molecule has 0 radical (unpaired) electrons. The highest BCUT2D eigenvalue weighted by Crippen LogP contribution is 2.31. The Morgan fingerprint density at radius 1 is 1.24 bits per heavy atom. The van der Waals surface area contributed by atoms with Gasteiger partial charge in [-0.25, -0.2) is 0 Å². The molecular weight excluding hydrogens is 212 g/mol. The minimum atomic E-state index is 0.0195. The smallest absolute Gasteiger partial charge is 0.0613 e. The highest BCUT2D eigenvalue weighted by Gasteiger charge is 2.33. The third-order valence-corrected chi connectivity index (χ3v) is 4.67. The zero-order chi connectivity index (χ0) is 12.1. The van der Waals surface area contributed by atoms with Crippen molar-refractivity contribution in [2.75, 3.05) is 19.7 Å². The van der Waals surface area contributed by atoms with Gasteiger partial charge in [0.25, 0.3) is 0 Å². The zero-order valence-corrected chi connectivity index (χ0v) is 11.2. The predicted octanol–water partition coefficient (Wildman–Crippen LogP) is 1.66. The average molecular weight is 240 g/mol. The third kappa shape index (κ3) is 3.67. The lowest BCUT2D eigenvalue weighted by atomic mass is 9.77. The van der Waals surface area contributed by atoms with E-state index in [0.29, 0.717) is 12.6 Å². The number of aliphatic hydroxyl groups is 1. The van der Waals surface area contributed by atoms with E-state index in [1.807, 2.05) is 0 Å². The van der Waals surface area contributed by atoms with Crippen LogP contribution >= 0.6 is 0 Å². The molecule has 0 aromatic rings. The Morgan fingerprint density at radius 3 is 2.59 bits per heavy atom. The van der Waals surface area contributed by atoms with Gasteiger partial charge in [-0.2, -0.15) is 0 Å². The summed E-state index contributed by atoms with van der Waals surface area (Å²) in [6.45, 7) is 4.81. The molecule has 1 saturated carbocycles. The van der Waals surface area contributed by atoms with Gasteiger partial charge in [-0.15, -0.1) is 0 Å². The molecule has 0 spiro atoms. The van der Waals surface area contributed by atoms with Crippen molar-refractivity contribution in [3.8, 4) is 0 Å². The second kappa shape index (κ2) is 6.17. The Morgan fingerprint density at radius 2 is 2.00 bits per heavy atom. The first-order valence-electron chi connectivity index (χ1n) is 7.33. The molecule has 3 nitrogen and oxygen atoms in total. The van der Waals surface area contributed by atoms with Gasteiger partial charge in [-0.3, -0.25) is 0 Å². The summed E-state index contributed by atoms with van der Waals surface area (Å²) < 4.78 is 0. The molecule has 100 valence electrons. The first-order valence-corrected chi connectivity index (χ1v) is 7.33. The Hall–Kier alpha value is -0.120. The molecule has 0 amide bonds. The number of nitrogens with one attached hydrogen (secondary N) is 2. The van der Waals surface area contributed by atoms with E-state index in [1.165, 1.54) is 32.1 Å². The van der Waals surface area contributed by atoms with E-state index < -0.39 is 0 Å². The van der Waals surface area contributed by atoms with Crippen LogP contribution < -0.4 is 10.6 Å². The molecular formula is C14H28N2O. The van der Waals surface area contributed by atoms with Gasteiger partial charge in [0, 0.05) is 18.1 Å². The number of rotatable bonds is 4. The largest absolute Gasteiger partial charge is 0.394 e. The fourth-order valence-electron chi connectivity index (χ4n) is 3.14. The molecule has 1 aliphatic carbocycles. The molecule has 3 N–H and O–H groups in total. The van der Waals surface area contributed by atoms with Crippen molar-refractivity contribution in [2.45, 2.75) is 63.5 Å². The number of hydrogen-bond acceptors (Lipinski definition) is 3. The van der Waals surface area contributed by atoms with Gasteiger partial charge in [0.15, 0.2) is 0 Å². The van der Waals surface area contributed by atoms with Crippen LogP contribution in [0.15, 0.2) is 0 Å². The fraction of sp³-hybridized carbons (Fsp3) is 1.00. The van der Waals surface area contributed by atoms with Gasteiger partial charge in [0.2, 0.25) is 0 Å². The third-order valence-electron chi connectivity index (χ3n) is 4.67. The van der Waals surface area contributed by atoms with Gasteiger partial charge in [-0.05, 0) is 51.0 Å². The second-order valence-corrected chi connectivity index (χ2v) is 6.15. The maximum absolute atomic E-state index is 9.67. The summed E-state index contributed by atoms with van der Waals surface area (Å²) >= 11 is 0. The molecule has 1 saturated heterocycles. The quantitative estimate of drug-likeness (QED) is 0.700. The molecule has 2 rings (SSSR count). The summed E-state index contributed by atoms with van der Waals surface area (Å²) in [7, 11) is 0. The van der Waals surface area contributed by atoms with Crippen molar-refractivity contribution >= 4 is 0 Å². The minimum Gasteiger partial charge on any atom is -0.394 e. The summed E-state index contributed by atoms with van der Waals surface area (Å²) in [5.41, 5.74) is 0.0195. The van der Waals surface area contributed by atoms with Crippen LogP contribution in [0.25, 0.3) is 0 Å². The van der Waals surface area contributed by atoms with Crippen molar-refractivity contribution in [1.82, 2.24) is 10.6 Å². The van der Waals surface area contributed by atoms with Crippen molar-refractivity contribution in [1.29, 1.82) is 0 Å². The Balaban J connectivity index is 1.78. The highest BCUT2D eigenvalue weighted by molar-refractivity contribution is 4.93. The SMILES string of the molecule is CC1CCC(CO)(NCC2CCCCN2)CC1. The van der Waals surface area contributed by atoms with Crippen LogP contribution in [0.5, 0.6) is 0 Å². The lowest BCUT2D eigenvalue weighted by Gasteiger charge is -2.40. The van der Waals surface area contributed by atoms with Crippen LogP contribution in [0.2, 0.25) is 0 Å². The monoisotopic (exact) mass is 240 g/mol. The molecule has 0 aromatic carbocycles. The van der Waals surface area contributed by atoms with E-state index >= 15 is 0 Å². The van der Waals surface area contributed by atoms with Crippen molar-refractivity contribution in [3.05, 3.63) is 0 Å².